The number of aliphatic imine (C=N–C) groups is 1. The van der Waals surface area contributed by atoms with Gasteiger partial charge in [-0.3, -0.25) is 9.89 Å². The minimum atomic E-state index is 0.945. The summed E-state index contributed by atoms with van der Waals surface area (Å²) < 4.78 is 0. The smallest absolute Gasteiger partial charge is 0.161 e. The van der Waals surface area contributed by atoms with Crippen LogP contribution in [0.25, 0.3) is 0 Å². The number of nitrogens with zero attached hydrogens (tertiary/aromatic N) is 2. The molecule has 96 valence electrons. The number of amidine groups is 1. The molecule has 1 N–H and O–H groups in total. The van der Waals surface area contributed by atoms with Crippen LogP contribution in [0.2, 0.25) is 0 Å². The molecule has 3 nitrogen and oxygen atoms in total. The lowest BCUT2D eigenvalue weighted by molar-refractivity contribution is 0.331. The number of anilines is 1. The number of thioether (sulfide) groups is 1. The normalized spacial score (nSPS) is 20.1. The minimum absolute atomic E-state index is 0.945. The maximum atomic E-state index is 4.42. The highest BCUT2D eigenvalue weighted by Crippen LogP contribution is 2.19. The maximum Gasteiger partial charge on any atom is 0.161 e. The number of hydrogen-bond acceptors (Lipinski definition) is 4. The fraction of sp³-hybridized carbons (Fsp3) is 0.500. The van der Waals surface area contributed by atoms with Gasteiger partial charge < -0.3 is 5.32 Å². The molecule has 0 aliphatic carbocycles. The fourth-order valence-electron chi connectivity index (χ4n) is 2.48. The zero-order chi connectivity index (χ0) is 12.2. The lowest BCUT2D eigenvalue weighted by Gasteiger charge is -2.15. The Kier molecular flexibility index (Phi) is 3.86. The van der Waals surface area contributed by atoms with E-state index in [1.54, 1.807) is 11.8 Å². The molecule has 2 heterocycles. The van der Waals surface area contributed by atoms with Crippen molar-refractivity contribution >= 4 is 22.6 Å². The van der Waals surface area contributed by atoms with Gasteiger partial charge in [0.1, 0.15) is 0 Å². The summed E-state index contributed by atoms with van der Waals surface area (Å²) >= 11 is 1.80. The number of benzene rings is 1. The average molecular weight is 261 g/mol. The van der Waals surface area contributed by atoms with Crippen molar-refractivity contribution in [3.8, 4) is 0 Å². The predicted octanol–water partition coefficient (Wildman–Crippen LogP) is 2.80. The lowest BCUT2D eigenvalue weighted by atomic mass is 10.2. The van der Waals surface area contributed by atoms with Gasteiger partial charge in [0, 0.05) is 18.0 Å². The summed E-state index contributed by atoms with van der Waals surface area (Å²) in [6, 6.07) is 8.72. The number of likely N-dealkylation sites (tertiary alicyclic amines) is 1. The molecular weight excluding hydrogens is 242 g/mol. The van der Waals surface area contributed by atoms with E-state index in [1.165, 1.54) is 37.2 Å². The summed E-state index contributed by atoms with van der Waals surface area (Å²) in [5, 5.41) is 4.46. The Morgan fingerprint density at radius 1 is 1.28 bits per heavy atom. The molecule has 0 amide bonds. The van der Waals surface area contributed by atoms with Crippen LogP contribution in [0.4, 0.5) is 5.69 Å². The van der Waals surface area contributed by atoms with Crippen LogP contribution in [-0.2, 0) is 6.54 Å². The van der Waals surface area contributed by atoms with Gasteiger partial charge >= 0.3 is 0 Å². The maximum absolute atomic E-state index is 4.42. The Hall–Kier alpha value is -1.00. The lowest BCUT2D eigenvalue weighted by Crippen LogP contribution is -2.18. The van der Waals surface area contributed by atoms with Crippen LogP contribution >= 0.6 is 11.8 Å². The van der Waals surface area contributed by atoms with Crippen molar-refractivity contribution < 1.29 is 0 Å². The molecule has 0 spiro atoms. The van der Waals surface area contributed by atoms with Crippen LogP contribution in [0.1, 0.15) is 18.4 Å². The van der Waals surface area contributed by atoms with E-state index in [9.17, 15) is 0 Å². The standard InChI is InChI=1S/C14H19N3S/c1-2-8-17(7-1)11-12-4-3-5-13(10-12)16-14-15-6-9-18-14/h3-5,10H,1-2,6-9,11H2,(H,15,16). The zero-order valence-electron chi connectivity index (χ0n) is 10.6. The molecule has 0 bridgehead atoms. The van der Waals surface area contributed by atoms with Gasteiger partial charge in [0.15, 0.2) is 5.17 Å². The molecule has 18 heavy (non-hydrogen) atoms. The summed E-state index contributed by atoms with van der Waals surface area (Å²) in [6.07, 6.45) is 2.71. The molecular formula is C14H19N3S. The van der Waals surface area contributed by atoms with E-state index in [2.05, 4.69) is 39.5 Å². The molecule has 1 aromatic carbocycles. The summed E-state index contributed by atoms with van der Waals surface area (Å²) in [6.45, 7) is 4.52. The third kappa shape index (κ3) is 3.06. The molecule has 1 saturated heterocycles. The molecule has 0 radical (unpaired) electrons. The second-order valence-corrected chi connectivity index (χ2v) is 5.93. The number of hydrogen-bond donors (Lipinski definition) is 1. The van der Waals surface area contributed by atoms with Crippen molar-refractivity contribution in [3.63, 3.8) is 0 Å². The quantitative estimate of drug-likeness (QED) is 0.906. The summed E-state index contributed by atoms with van der Waals surface area (Å²) in [4.78, 5) is 6.95. The van der Waals surface area contributed by atoms with Crippen molar-refractivity contribution in [2.24, 2.45) is 4.99 Å². The molecule has 1 aromatic rings. The van der Waals surface area contributed by atoms with E-state index in [-0.39, 0.29) is 0 Å². The monoisotopic (exact) mass is 261 g/mol. The van der Waals surface area contributed by atoms with Gasteiger partial charge in [0.2, 0.25) is 0 Å². The topological polar surface area (TPSA) is 27.6 Å². The van der Waals surface area contributed by atoms with Crippen LogP contribution in [-0.4, -0.2) is 35.5 Å². The Balaban J connectivity index is 1.64. The third-order valence-electron chi connectivity index (χ3n) is 3.37. The van der Waals surface area contributed by atoms with Crippen LogP contribution in [0, 0.1) is 0 Å². The highest BCUT2D eigenvalue weighted by atomic mass is 32.2. The van der Waals surface area contributed by atoms with E-state index in [0.29, 0.717) is 0 Å². The van der Waals surface area contributed by atoms with Gasteiger partial charge in [-0.15, -0.1) is 0 Å². The second-order valence-electron chi connectivity index (χ2n) is 4.84. The number of nitrogens with one attached hydrogen (secondary N) is 1. The first kappa shape index (κ1) is 12.1. The Morgan fingerprint density at radius 2 is 2.17 bits per heavy atom. The van der Waals surface area contributed by atoms with E-state index in [1.807, 2.05) is 0 Å². The Morgan fingerprint density at radius 3 is 2.94 bits per heavy atom. The number of rotatable bonds is 3. The molecule has 4 heteroatoms. The third-order valence-corrected chi connectivity index (χ3v) is 4.26. The van der Waals surface area contributed by atoms with Crippen molar-refractivity contribution in [2.75, 3.05) is 30.7 Å². The Bertz CT molecular complexity index is 438. The van der Waals surface area contributed by atoms with Crippen molar-refractivity contribution in [3.05, 3.63) is 29.8 Å². The van der Waals surface area contributed by atoms with Crippen LogP contribution in [0.5, 0.6) is 0 Å². The summed E-state index contributed by atoms with van der Waals surface area (Å²) in [5.41, 5.74) is 2.56. The van der Waals surface area contributed by atoms with E-state index < -0.39 is 0 Å². The minimum Gasteiger partial charge on any atom is -0.335 e. The molecule has 2 aliphatic heterocycles. The second kappa shape index (κ2) is 5.76. The van der Waals surface area contributed by atoms with Crippen molar-refractivity contribution in [2.45, 2.75) is 19.4 Å². The molecule has 1 fully saturated rings. The fourth-order valence-corrected chi connectivity index (χ4v) is 3.23. The summed E-state index contributed by atoms with van der Waals surface area (Å²) in [7, 11) is 0. The van der Waals surface area contributed by atoms with Crippen molar-refractivity contribution in [1.29, 1.82) is 0 Å². The molecule has 0 saturated carbocycles. The van der Waals surface area contributed by atoms with Crippen LogP contribution < -0.4 is 5.32 Å². The average Bonchev–Trinajstić information content (AvgIpc) is 3.03. The van der Waals surface area contributed by atoms with Gasteiger partial charge in [0.05, 0.1) is 6.54 Å². The van der Waals surface area contributed by atoms with E-state index >= 15 is 0 Å². The van der Waals surface area contributed by atoms with Crippen LogP contribution in [0.15, 0.2) is 29.3 Å². The van der Waals surface area contributed by atoms with Crippen molar-refractivity contribution in [1.82, 2.24) is 4.90 Å². The highest BCUT2D eigenvalue weighted by molar-refractivity contribution is 8.14. The summed E-state index contributed by atoms with van der Waals surface area (Å²) in [5.74, 6) is 1.11. The SMILES string of the molecule is c1cc(CN2CCCC2)cc(NC2=NCCS2)c1. The predicted molar refractivity (Wildman–Crippen MR) is 79.3 cm³/mol. The molecule has 3 rings (SSSR count). The molecule has 0 aromatic heterocycles. The van der Waals surface area contributed by atoms with Crippen LogP contribution in [0.3, 0.4) is 0 Å². The van der Waals surface area contributed by atoms with E-state index in [4.69, 9.17) is 0 Å². The Labute approximate surface area is 113 Å². The highest BCUT2D eigenvalue weighted by Gasteiger charge is 2.12. The van der Waals surface area contributed by atoms with Gasteiger partial charge in [-0.25, -0.2) is 0 Å². The van der Waals surface area contributed by atoms with Gasteiger partial charge in [-0.2, -0.15) is 0 Å². The zero-order valence-corrected chi connectivity index (χ0v) is 11.4. The molecule has 2 aliphatic rings. The first-order chi connectivity index (χ1) is 8.90. The largest absolute Gasteiger partial charge is 0.335 e. The first-order valence-electron chi connectivity index (χ1n) is 6.66. The molecule has 0 unspecified atom stereocenters. The van der Waals surface area contributed by atoms with Gasteiger partial charge in [-0.05, 0) is 43.6 Å². The molecule has 0 atom stereocenters. The van der Waals surface area contributed by atoms with E-state index in [0.717, 1.165) is 24.0 Å². The van der Waals surface area contributed by atoms with Gasteiger partial charge in [0.25, 0.3) is 0 Å². The van der Waals surface area contributed by atoms with Gasteiger partial charge in [-0.1, -0.05) is 23.9 Å². The first-order valence-corrected chi connectivity index (χ1v) is 7.64.